The first kappa shape index (κ1) is 20.0. The lowest BCUT2D eigenvalue weighted by Gasteiger charge is -2.24. The van der Waals surface area contributed by atoms with E-state index in [-0.39, 0.29) is 18.2 Å². The highest BCUT2D eigenvalue weighted by molar-refractivity contribution is 9.11. The van der Waals surface area contributed by atoms with Gasteiger partial charge in [0.05, 0.1) is 12.8 Å². The minimum absolute atomic E-state index is 0.0142. The van der Waals surface area contributed by atoms with E-state index in [4.69, 9.17) is 4.52 Å². The first-order valence-corrected chi connectivity index (χ1v) is 12.0. The second kappa shape index (κ2) is 7.73. The average molecular weight is 500 g/mol. The number of halogens is 2. The molecule has 0 aliphatic rings. The second-order valence-corrected chi connectivity index (χ2v) is 10.5. The molecule has 0 amide bonds. The van der Waals surface area contributed by atoms with Crippen molar-refractivity contribution in [2.45, 2.75) is 20.0 Å². The number of hydrogen-bond acceptors (Lipinski definition) is 2. The van der Waals surface area contributed by atoms with Crippen LogP contribution in [0.5, 0.6) is 0 Å². The molecule has 1 N–H and O–H groups in total. The SMILES string of the molecule is CC(C)(CBr)COP(=O)(O)Cc1c2ccccc2c(Br)c2ccccc12. The van der Waals surface area contributed by atoms with E-state index < -0.39 is 7.60 Å². The van der Waals surface area contributed by atoms with Crippen LogP contribution in [0.1, 0.15) is 19.4 Å². The van der Waals surface area contributed by atoms with Crippen molar-refractivity contribution in [3.05, 3.63) is 58.6 Å². The molecule has 1 unspecified atom stereocenters. The summed E-state index contributed by atoms with van der Waals surface area (Å²) in [5.74, 6) is 0. The van der Waals surface area contributed by atoms with Crippen LogP contribution in [0.3, 0.4) is 0 Å². The Balaban J connectivity index is 2.09. The molecule has 3 nitrogen and oxygen atoms in total. The van der Waals surface area contributed by atoms with Gasteiger partial charge in [-0.1, -0.05) is 78.3 Å². The van der Waals surface area contributed by atoms with Crippen LogP contribution in [0.15, 0.2) is 53.0 Å². The third-order valence-corrected chi connectivity index (χ3v) is 7.97. The number of hydrogen-bond donors (Lipinski definition) is 1. The molecule has 0 aromatic heterocycles. The quantitative estimate of drug-likeness (QED) is 0.228. The molecule has 1 atom stereocenters. The molecule has 0 bridgehead atoms. The largest absolute Gasteiger partial charge is 0.332 e. The fourth-order valence-electron chi connectivity index (χ4n) is 2.90. The minimum Gasteiger partial charge on any atom is -0.324 e. The zero-order valence-corrected chi connectivity index (χ0v) is 18.8. The molecule has 138 valence electrons. The maximum absolute atomic E-state index is 12.8. The Hall–Kier alpha value is -0.710. The van der Waals surface area contributed by atoms with Gasteiger partial charge in [0.15, 0.2) is 0 Å². The average Bonchev–Trinajstić information content (AvgIpc) is 2.64. The van der Waals surface area contributed by atoms with Crippen LogP contribution in [0.2, 0.25) is 0 Å². The Morgan fingerprint density at radius 3 is 1.92 bits per heavy atom. The van der Waals surface area contributed by atoms with Gasteiger partial charge in [-0.3, -0.25) is 4.57 Å². The Kier molecular flexibility index (Phi) is 5.96. The van der Waals surface area contributed by atoms with E-state index in [1.54, 1.807) is 0 Å². The van der Waals surface area contributed by atoms with Crippen LogP contribution in [-0.2, 0) is 15.3 Å². The van der Waals surface area contributed by atoms with Crippen molar-refractivity contribution in [3.8, 4) is 0 Å². The Morgan fingerprint density at radius 2 is 1.46 bits per heavy atom. The molecule has 6 heteroatoms. The molecule has 0 saturated carbocycles. The van der Waals surface area contributed by atoms with Crippen LogP contribution in [0, 0.1) is 5.41 Å². The van der Waals surface area contributed by atoms with Crippen molar-refractivity contribution >= 4 is 61.0 Å². The summed E-state index contributed by atoms with van der Waals surface area (Å²) < 4.78 is 19.3. The molecule has 0 spiro atoms. The van der Waals surface area contributed by atoms with Gasteiger partial charge in [-0.2, -0.15) is 0 Å². The molecule has 0 radical (unpaired) electrons. The summed E-state index contributed by atoms with van der Waals surface area (Å²) in [6.07, 6.45) is -0.0142. The van der Waals surface area contributed by atoms with Crippen molar-refractivity contribution in [2.24, 2.45) is 5.41 Å². The highest BCUT2D eigenvalue weighted by Gasteiger charge is 2.27. The van der Waals surface area contributed by atoms with E-state index in [1.807, 2.05) is 62.4 Å². The predicted molar refractivity (Wildman–Crippen MR) is 116 cm³/mol. The van der Waals surface area contributed by atoms with Crippen molar-refractivity contribution in [3.63, 3.8) is 0 Å². The molecule has 0 fully saturated rings. The lowest BCUT2D eigenvalue weighted by molar-refractivity contribution is 0.178. The smallest absolute Gasteiger partial charge is 0.324 e. The maximum atomic E-state index is 12.8. The number of benzene rings is 3. The monoisotopic (exact) mass is 498 g/mol. The first-order chi connectivity index (χ1) is 12.2. The highest BCUT2D eigenvalue weighted by atomic mass is 79.9. The summed E-state index contributed by atoms with van der Waals surface area (Å²) in [6, 6.07) is 15.9. The minimum atomic E-state index is -3.78. The lowest BCUT2D eigenvalue weighted by atomic mass is 9.98. The molecule has 0 aliphatic carbocycles. The molecule has 3 rings (SSSR count). The third-order valence-electron chi connectivity index (χ3n) is 4.35. The van der Waals surface area contributed by atoms with Gasteiger partial charge >= 0.3 is 7.60 Å². The van der Waals surface area contributed by atoms with Gasteiger partial charge in [-0.15, -0.1) is 0 Å². The molecule has 3 aromatic rings. The van der Waals surface area contributed by atoms with E-state index in [0.717, 1.165) is 31.6 Å². The summed E-state index contributed by atoms with van der Waals surface area (Å²) in [4.78, 5) is 10.5. The van der Waals surface area contributed by atoms with Gasteiger partial charge in [-0.05, 0) is 48.5 Å². The van der Waals surface area contributed by atoms with Crippen molar-refractivity contribution < 1.29 is 14.0 Å². The van der Waals surface area contributed by atoms with Crippen LogP contribution in [-0.4, -0.2) is 16.8 Å². The third kappa shape index (κ3) is 4.23. The molecular weight excluding hydrogens is 479 g/mol. The van der Waals surface area contributed by atoms with E-state index in [0.29, 0.717) is 5.33 Å². The first-order valence-electron chi connectivity index (χ1n) is 8.34. The van der Waals surface area contributed by atoms with Crippen LogP contribution in [0.4, 0.5) is 0 Å². The van der Waals surface area contributed by atoms with Gasteiger partial charge in [0, 0.05) is 9.80 Å². The van der Waals surface area contributed by atoms with Crippen LogP contribution < -0.4 is 0 Å². The standard InChI is InChI=1S/C20H21Br2O3P/c1-20(2,12-21)13-25-26(23,24)11-18-14-7-3-5-9-16(14)19(22)17-10-6-4-8-15(17)18/h3-10H,11-13H2,1-2H3,(H,23,24). The van der Waals surface area contributed by atoms with Crippen molar-refractivity contribution in [1.82, 2.24) is 0 Å². The molecule has 0 saturated heterocycles. The summed E-state index contributed by atoms with van der Waals surface area (Å²) in [5.41, 5.74) is 0.643. The summed E-state index contributed by atoms with van der Waals surface area (Å²) in [5, 5.41) is 4.69. The van der Waals surface area contributed by atoms with E-state index >= 15 is 0 Å². The lowest BCUT2D eigenvalue weighted by Crippen LogP contribution is -2.20. The van der Waals surface area contributed by atoms with E-state index in [9.17, 15) is 9.46 Å². The Labute approximate surface area is 170 Å². The molecular formula is C20H21Br2O3P. The fraction of sp³-hybridized carbons (Fsp3) is 0.300. The second-order valence-electron chi connectivity index (χ2n) is 7.25. The Morgan fingerprint density at radius 1 is 1.00 bits per heavy atom. The van der Waals surface area contributed by atoms with Gasteiger partial charge in [0.1, 0.15) is 0 Å². The van der Waals surface area contributed by atoms with E-state index in [1.165, 1.54) is 0 Å². The molecule has 26 heavy (non-hydrogen) atoms. The summed E-state index contributed by atoms with van der Waals surface area (Å²) in [7, 11) is -3.78. The normalized spacial score (nSPS) is 14.7. The summed E-state index contributed by atoms with van der Waals surface area (Å²) >= 11 is 7.12. The van der Waals surface area contributed by atoms with Gasteiger partial charge in [0.25, 0.3) is 0 Å². The molecule has 3 aromatic carbocycles. The predicted octanol–water partition coefficient (Wildman–Crippen LogP) is 6.88. The number of alkyl halides is 1. The van der Waals surface area contributed by atoms with Crippen LogP contribution >= 0.6 is 39.5 Å². The number of rotatable bonds is 6. The van der Waals surface area contributed by atoms with Gasteiger partial charge in [-0.25, -0.2) is 0 Å². The zero-order chi connectivity index (χ0) is 18.9. The Bertz CT molecular complexity index is 944. The van der Waals surface area contributed by atoms with Gasteiger partial charge in [0.2, 0.25) is 0 Å². The molecule has 0 aliphatic heterocycles. The topological polar surface area (TPSA) is 46.5 Å². The highest BCUT2D eigenvalue weighted by Crippen LogP contribution is 2.50. The van der Waals surface area contributed by atoms with Gasteiger partial charge < -0.3 is 9.42 Å². The zero-order valence-electron chi connectivity index (χ0n) is 14.7. The van der Waals surface area contributed by atoms with Crippen molar-refractivity contribution in [2.75, 3.05) is 11.9 Å². The fourth-order valence-corrected chi connectivity index (χ4v) is 5.13. The number of fused-ring (bicyclic) bond motifs is 2. The van der Waals surface area contributed by atoms with E-state index in [2.05, 4.69) is 31.9 Å². The maximum Gasteiger partial charge on any atom is 0.332 e. The molecule has 0 heterocycles. The van der Waals surface area contributed by atoms with Crippen molar-refractivity contribution in [1.29, 1.82) is 0 Å². The van der Waals surface area contributed by atoms with Crippen LogP contribution in [0.25, 0.3) is 21.5 Å². The summed E-state index contributed by atoms with van der Waals surface area (Å²) in [6.45, 7) is 4.21.